The fourth-order valence-corrected chi connectivity index (χ4v) is 4.67. The zero-order valence-electron chi connectivity index (χ0n) is 15.9. The molecule has 2 heterocycles. The molecular weight excluding hydrogens is 354 g/mol. The molecule has 4 aromatic carbocycles. The van der Waals surface area contributed by atoms with Crippen LogP contribution in [0.2, 0.25) is 0 Å². The van der Waals surface area contributed by atoms with E-state index < -0.39 is 0 Å². The van der Waals surface area contributed by atoms with Crippen LogP contribution in [0.5, 0.6) is 11.5 Å². The molecule has 2 heteroatoms. The van der Waals surface area contributed by atoms with Crippen LogP contribution in [0.1, 0.15) is 22.6 Å². The normalized spacial score (nSPS) is 13.1. The Balaban J connectivity index is 1.65. The third-order valence-electron chi connectivity index (χ3n) is 5.93. The Hall–Kier alpha value is -3.78. The maximum atomic E-state index is 6.19. The van der Waals surface area contributed by atoms with Gasteiger partial charge in [-0.05, 0) is 35.9 Å². The average molecular weight is 373 g/mol. The second kappa shape index (κ2) is 6.11. The molecule has 0 bridgehead atoms. The molecule has 0 spiro atoms. The minimum Gasteiger partial charge on any atom is -0.457 e. The Kier molecular flexibility index (Phi) is 3.41. The first-order chi connectivity index (χ1) is 14.3. The predicted molar refractivity (Wildman–Crippen MR) is 120 cm³/mol. The summed E-state index contributed by atoms with van der Waals surface area (Å²) in [6.45, 7) is 4.02. The highest BCUT2D eigenvalue weighted by atomic mass is 16.5. The highest BCUT2D eigenvalue weighted by molar-refractivity contribution is 6.09. The first kappa shape index (κ1) is 16.2. The van der Waals surface area contributed by atoms with Gasteiger partial charge in [-0.2, -0.15) is 0 Å². The minimum atomic E-state index is 0.145. The summed E-state index contributed by atoms with van der Waals surface area (Å²) in [5, 5.41) is 2.50. The van der Waals surface area contributed by atoms with E-state index in [4.69, 9.17) is 4.74 Å². The van der Waals surface area contributed by atoms with Gasteiger partial charge in [0.1, 0.15) is 11.5 Å². The second-order valence-electron chi connectivity index (χ2n) is 7.46. The van der Waals surface area contributed by atoms with Crippen LogP contribution in [0.15, 0.2) is 97.6 Å². The number of benzene rings is 4. The molecule has 0 aliphatic carbocycles. The smallest absolute Gasteiger partial charge is 0.131 e. The van der Waals surface area contributed by atoms with E-state index in [0.717, 1.165) is 11.5 Å². The lowest BCUT2D eigenvalue weighted by atomic mass is 9.82. The number of hydrogen-bond donors (Lipinski definition) is 0. The van der Waals surface area contributed by atoms with Crippen LogP contribution in [0.25, 0.3) is 28.0 Å². The quantitative estimate of drug-likeness (QED) is 0.313. The zero-order chi connectivity index (χ0) is 19.4. The van der Waals surface area contributed by atoms with Crippen molar-refractivity contribution in [3.05, 3.63) is 114 Å². The summed E-state index contributed by atoms with van der Waals surface area (Å²) in [5.41, 5.74) is 6.05. The standard InChI is InChI=1S/C27H19NO/c1-2-28-23-12-6-3-9-19(23)22-17-18(15-16-24(22)28)27-20-10-4-7-13-25(20)29-26-14-8-5-11-21(26)27/h2-17,27H,1H2. The molecule has 1 aliphatic heterocycles. The first-order valence-electron chi connectivity index (χ1n) is 9.86. The van der Waals surface area contributed by atoms with Crippen molar-refractivity contribution < 1.29 is 4.74 Å². The monoisotopic (exact) mass is 373 g/mol. The van der Waals surface area contributed by atoms with Gasteiger partial charge < -0.3 is 9.30 Å². The van der Waals surface area contributed by atoms with E-state index in [1.807, 2.05) is 18.3 Å². The Labute approximate surface area is 169 Å². The maximum absolute atomic E-state index is 6.19. The van der Waals surface area contributed by atoms with E-state index in [-0.39, 0.29) is 5.92 Å². The number of aromatic nitrogens is 1. The van der Waals surface area contributed by atoms with Crippen LogP contribution in [0, 0.1) is 0 Å². The molecule has 29 heavy (non-hydrogen) atoms. The largest absolute Gasteiger partial charge is 0.457 e. The molecule has 6 rings (SSSR count). The molecule has 138 valence electrons. The van der Waals surface area contributed by atoms with Crippen molar-refractivity contribution in [3.8, 4) is 11.5 Å². The molecule has 0 amide bonds. The summed E-state index contributed by atoms with van der Waals surface area (Å²) < 4.78 is 8.36. The number of para-hydroxylation sites is 3. The van der Waals surface area contributed by atoms with Gasteiger partial charge in [-0.3, -0.25) is 0 Å². The summed E-state index contributed by atoms with van der Waals surface area (Å²) in [5.74, 6) is 2.01. The van der Waals surface area contributed by atoms with Crippen molar-refractivity contribution in [2.45, 2.75) is 5.92 Å². The van der Waals surface area contributed by atoms with E-state index in [9.17, 15) is 0 Å². The average Bonchev–Trinajstić information content (AvgIpc) is 3.10. The minimum absolute atomic E-state index is 0.145. The van der Waals surface area contributed by atoms with Crippen molar-refractivity contribution >= 4 is 28.0 Å². The zero-order valence-corrected chi connectivity index (χ0v) is 15.9. The van der Waals surface area contributed by atoms with Crippen molar-refractivity contribution in [2.75, 3.05) is 0 Å². The van der Waals surface area contributed by atoms with Crippen molar-refractivity contribution in [1.29, 1.82) is 0 Å². The molecule has 0 saturated carbocycles. The van der Waals surface area contributed by atoms with Gasteiger partial charge in [-0.1, -0.05) is 67.2 Å². The summed E-state index contributed by atoms with van der Waals surface area (Å²) in [7, 11) is 0. The number of ether oxygens (including phenoxy) is 1. The van der Waals surface area contributed by atoms with E-state index in [1.54, 1.807) is 0 Å². The van der Waals surface area contributed by atoms with Gasteiger partial charge in [-0.25, -0.2) is 0 Å². The summed E-state index contributed by atoms with van der Waals surface area (Å²) in [6, 6.07) is 32.0. The van der Waals surface area contributed by atoms with Gasteiger partial charge in [0.25, 0.3) is 0 Å². The molecule has 0 unspecified atom stereocenters. The van der Waals surface area contributed by atoms with E-state index >= 15 is 0 Å². The topological polar surface area (TPSA) is 14.2 Å². The number of nitrogens with zero attached hydrogens (tertiary/aromatic N) is 1. The maximum Gasteiger partial charge on any atom is 0.131 e. The fraction of sp³-hybridized carbons (Fsp3) is 0.0370. The predicted octanol–water partition coefficient (Wildman–Crippen LogP) is 7.18. The van der Waals surface area contributed by atoms with Crippen LogP contribution >= 0.6 is 0 Å². The van der Waals surface area contributed by atoms with Gasteiger partial charge in [0, 0.05) is 34.0 Å². The van der Waals surface area contributed by atoms with Gasteiger partial charge >= 0.3 is 0 Å². The molecule has 0 atom stereocenters. The molecule has 2 nitrogen and oxygen atoms in total. The first-order valence-corrected chi connectivity index (χ1v) is 9.86. The molecule has 0 saturated heterocycles. The third-order valence-corrected chi connectivity index (χ3v) is 5.93. The number of fused-ring (bicyclic) bond motifs is 5. The van der Waals surface area contributed by atoms with Crippen molar-refractivity contribution in [1.82, 2.24) is 4.57 Å². The van der Waals surface area contributed by atoms with Gasteiger partial charge in [-0.15, -0.1) is 0 Å². The summed E-state index contributed by atoms with van der Waals surface area (Å²) in [6.07, 6.45) is 1.89. The van der Waals surface area contributed by atoms with Crippen LogP contribution in [0.4, 0.5) is 0 Å². The van der Waals surface area contributed by atoms with E-state index in [1.165, 1.54) is 38.5 Å². The Morgan fingerprint density at radius 2 is 1.31 bits per heavy atom. The van der Waals surface area contributed by atoms with Gasteiger partial charge in [0.05, 0.1) is 11.0 Å². The van der Waals surface area contributed by atoms with Crippen LogP contribution in [0.3, 0.4) is 0 Å². The summed E-state index contributed by atoms with van der Waals surface area (Å²) in [4.78, 5) is 0. The Morgan fingerprint density at radius 1 is 0.690 bits per heavy atom. The highest BCUT2D eigenvalue weighted by Crippen LogP contribution is 2.47. The third kappa shape index (κ3) is 2.29. The molecule has 0 radical (unpaired) electrons. The van der Waals surface area contributed by atoms with Crippen molar-refractivity contribution in [2.24, 2.45) is 0 Å². The van der Waals surface area contributed by atoms with Crippen molar-refractivity contribution in [3.63, 3.8) is 0 Å². The number of rotatable bonds is 2. The van der Waals surface area contributed by atoms with Gasteiger partial charge in [0.15, 0.2) is 0 Å². The Morgan fingerprint density at radius 3 is 2.03 bits per heavy atom. The Bertz CT molecular complexity index is 1360. The van der Waals surface area contributed by atoms with Gasteiger partial charge in [0.2, 0.25) is 0 Å². The molecule has 0 fully saturated rings. The molecule has 5 aromatic rings. The second-order valence-corrected chi connectivity index (χ2v) is 7.46. The van der Waals surface area contributed by atoms with E-state index in [0.29, 0.717) is 0 Å². The molecule has 1 aliphatic rings. The molecule has 1 aromatic heterocycles. The lowest BCUT2D eigenvalue weighted by Crippen LogP contribution is -2.11. The van der Waals surface area contributed by atoms with Crippen LogP contribution in [-0.2, 0) is 0 Å². The summed E-state index contributed by atoms with van der Waals surface area (Å²) >= 11 is 0. The van der Waals surface area contributed by atoms with Crippen LogP contribution < -0.4 is 4.74 Å². The lowest BCUT2D eigenvalue weighted by Gasteiger charge is -2.28. The molecular formula is C27H19NO. The van der Waals surface area contributed by atoms with Crippen LogP contribution in [-0.4, -0.2) is 4.57 Å². The van der Waals surface area contributed by atoms with E-state index in [2.05, 4.69) is 90.0 Å². The SMILES string of the molecule is C=Cn1c2ccccc2c2cc(C3c4ccccc4Oc4ccccc43)ccc21. The fourth-order valence-electron chi connectivity index (χ4n) is 4.67. The lowest BCUT2D eigenvalue weighted by molar-refractivity contribution is 0.453. The number of hydrogen-bond acceptors (Lipinski definition) is 1. The highest BCUT2D eigenvalue weighted by Gasteiger charge is 2.28. The molecule has 0 N–H and O–H groups in total.